The maximum atomic E-state index is 14.8. The Hall–Kier alpha value is -2.41. The Morgan fingerprint density at radius 1 is 1.33 bits per heavy atom. The lowest BCUT2D eigenvalue weighted by Crippen LogP contribution is -2.44. The molecule has 0 spiro atoms. The van der Waals surface area contributed by atoms with Crippen molar-refractivity contribution in [3.63, 3.8) is 0 Å². The molecule has 126 valence electrons. The highest BCUT2D eigenvalue weighted by molar-refractivity contribution is 5.96. The van der Waals surface area contributed by atoms with Crippen LogP contribution in [-0.4, -0.2) is 41.8 Å². The fourth-order valence-electron chi connectivity index (χ4n) is 3.93. The zero-order chi connectivity index (χ0) is 17.0. The molecule has 4 rings (SSSR count). The third-order valence-electron chi connectivity index (χ3n) is 4.95. The van der Waals surface area contributed by atoms with Crippen LogP contribution in [0, 0.1) is 5.82 Å². The van der Waals surface area contributed by atoms with Crippen LogP contribution in [0.15, 0.2) is 16.9 Å². The fraction of sp³-hybridized carbons (Fsp3) is 0.412. The van der Waals surface area contributed by atoms with E-state index in [0.29, 0.717) is 36.1 Å². The minimum Gasteiger partial charge on any atom is -0.477 e. The van der Waals surface area contributed by atoms with E-state index in [2.05, 4.69) is 5.32 Å². The van der Waals surface area contributed by atoms with Gasteiger partial charge in [-0.2, -0.15) is 0 Å². The van der Waals surface area contributed by atoms with Crippen molar-refractivity contribution < 1.29 is 14.3 Å². The van der Waals surface area contributed by atoms with Crippen molar-refractivity contribution in [2.75, 3.05) is 31.1 Å². The summed E-state index contributed by atoms with van der Waals surface area (Å²) in [5, 5.41) is 13.0. The van der Waals surface area contributed by atoms with Crippen LogP contribution in [0.5, 0.6) is 0 Å². The van der Waals surface area contributed by atoms with Gasteiger partial charge in [-0.3, -0.25) is 4.79 Å². The first-order valence-corrected chi connectivity index (χ1v) is 8.08. The minimum atomic E-state index is -1.28. The lowest BCUT2D eigenvalue weighted by Gasteiger charge is -2.31. The molecule has 2 aliphatic rings. The van der Waals surface area contributed by atoms with Crippen LogP contribution in [-0.2, 0) is 6.42 Å². The number of carboxylic acid groups (broad SMARTS) is 1. The molecule has 1 atom stereocenters. The van der Waals surface area contributed by atoms with Gasteiger partial charge in [0, 0.05) is 43.2 Å². The molecule has 0 saturated carbocycles. The molecule has 2 N–H and O–H groups in total. The van der Waals surface area contributed by atoms with Crippen LogP contribution in [0.4, 0.5) is 10.1 Å². The number of piperazine rings is 1. The number of anilines is 1. The number of aromatic nitrogens is 1. The minimum absolute atomic E-state index is 0.183. The Kier molecular flexibility index (Phi) is 3.35. The third-order valence-corrected chi connectivity index (χ3v) is 4.95. The molecular weight excluding hydrogens is 313 g/mol. The maximum absolute atomic E-state index is 14.8. The van der Waals surface area contributed by atoms with E-state index in [1.54, 1.807) is 0 Å². The first-order valence-electron chi connectivity index (χ1n) is 8.08. The zero-order valence-electron chi connectivity index (χ0n) is 13.3. The quantitative estimate of drug-likeness (QED) is 0.869. The summed E-state index contributed by atoms with van der Waals surface area (Å²) in [6.07, 6.45) is 0.534. The molecular formula is C17H18FN3O3. The van der Waals surface area contributed by atoms with E-state index >= 15 is 0 Å². The molecule has 1 aromatic heterocycles. The molecule has 1 unspecified atom stereocenters. The van der Waals surface area contributed by atoms with Crippen LogP contribution in [0.1, 0.15) is 28.9 Å². The lowest BCUT2D eigenvalue weighted by atomic mass is 10.0. The second-order valence-corrected chi connectivity index (χ2v) is 6.45. The van der Waals surface area contributed by atoms with Gasteiger partial charge in [-0.05, 0) is 25.5 Å². The molecule has 6 nitrogen and oxygen atoms in total. The van der Waals surface area contributed by atoms with Crippen molar-refractivity contribution in [3.05, 3.63) is 39.4 Å². The van der Waals surface area contributed by atoms with Gasteiger partial charge in [0.05, 0.1) is 11.2 Å². The highest BCUT2D eigenvalue weighted by Gasteiger charge is 2.31. The van der Waals surface area contributed by atoms with Gasteiger partial charge in [0.2, 0.25) is 0 Å². The smallest absolute Gasteiger partial charge is 0.341 e. The molecule has 0 aliphatic carbocycles. The van der Waals surface area contributed by atoms with Crippen LogP contribution in [0.3, 0.4) is 0 Å². The number of nitrogens with one attached hydrogen (secondary N) is 1. The van der Waals surface area contributed by atoms with Gasteiger partial charge in [0.15, 0.2) is 0 Å². The number of aromatic carboxylic acids is 1. The summed E-state index contributed by atoms with van der Waals surface area (Å²) in [5.41, 5.74) is 1.22. The molecule has 0 bridgehead atoms. The standard InChI is InChI=1S/C17H18FN3O3/c1-9-6-11-14-10(7-12(17(23)24)16(22)21(9)14)8-13(18)15(11)20-4-2-19-3-5-20/h7-9,19H,2-6H2,1H3,(H,23,24). The van der Waals surface area contributed by atoms with Crippen LogP contribution < -0.4 is 15.8 Å². The summed E-state index contributed by atoms with van der Waals surface area (Å²) in [6, 6.07) is 2.47. The maximum Gasteiger partial charge on any atom is 0.341 e. The number of hydrogen-bond acceptors (Lipinski definition) is 4. The highest BCUT2D eigenvalue weighted by Crippen LogP contribution is 2.39. The molecule has 0 radical (unpaired) electrons. The van der Waals surface area contributed by atoms with Gasteiger partial charge in [-0.25, -0.2) is 9.18 Å². The molecule has 24 heavy (non-hydrogen) atoms. The molecule has 0 amide bonds. The average molecular weight is 331 g/mol. The average Bonchev–Trinajstić information content (AvgIpc) is 2.89. The second kappa shape index (κ2) is 5.31. The summed E-state index contributed by atoms with van der Waals surface area (Å²) < 4.78 is 16.4. The van der Waals surface area contributed by atoms with Crippen molar-refractivity contribution in [2.45, 2.75) is 19.4 Å². The highest BCUT2D eigenvalue weighted by atomic mass is 19.1. The molecule has 1 fully saturated rings. The van der Waals surface area contributed by atoms with Crippen molar-refractivity contribution >= 4 is 22.6 Å². The topological polar surface area (TPSA) is 74.6 Å². The Labute approximate surface area is 137 Å². The number of carboxylic acids is 1. The summed E-state index contributed by atoms with van der Waals surface area (Å²) in [4.78, 5) is 25.9. The van der Waals surface area contributed by atoms with Gasteiger partial charge in [0.25, 0.3) is 5.56 Å². The predicted octanol–water partition coefficient (Wildman–Crippen LogP) is 1.37. The third kappa shape index (κ3) is 2.04. The molecule has 7 heteroatoms. The van der Waals surface area contributed by atoms with Gasteiger partial charge in [-0.15, -0.1) is 0 Å². The Morgan fingerprint density at radius 2 is 2.04 bits per heavy atom. The number of pyridine rings is 1. The van der Waals surface area contributed by atoms with E-state index in [1.807, 2.05) is 11.8 Å². The summed E-state index contributed by atoms with van der Waals surface area (Å²) >= 11 is 0. The predicted molar refractivity (Wildman–Crippen MR) is 88.6 cm³/mol. The summed E-state index contributed by atoms with van der Waals surface area (Å²) in [6.45, 7) is 4.86. The molecule has 2 aromatic rings. The van der Waals surface area contributed by atoms with Gasteiger partial charge >= 0.3 is 5.97 Å². The van der Waals surface area contributed by atoms with Gasteiger partial charge in [-0.1, -0.05) is 0 Å². The number of hydrogen-bond donors (Lipinski definition) is 2. The van der Waals surface area contributed by atoms with Gasteiger partial charge in [0.1, 0.15) is 11.4 Å². The van der Waals surface area contributed by atoms with Crippen molar-refractivity contribution in [1.82, 2.24) is 9.88 Å². The summed E-state index contributed by atoms with van der Waals surface area (Å²) in [7, 11) is 0. The van der Waals surface area contributed by atoms with Crippen LogP contribution >= 0.6 is 0 Å². The molecule has 1 saturated heterocycles. The van der Waals surface area contributed by atoms with E-state index in [4.69, 9.17) is 0 Å². The number of halogens is 1. The number of nitrogens with zero attached hydrogens (tertiary/aromatic N) is 2. The SMILES string of the molecule is CC1Cc2c(N3CCNCC3)c(F)cc3cc(C(=O)O)c(=O)n1c23. The fourth-order valence-corrected chi connectivity index (χ4v) is 3.93. The van der Waals surface area contributed by atoms with E-state index in [9.17, 15) is 19.1 Å². The second-order valence-electron chi connectivity index (χ2n) is 6.45. The number of benzene rings is 1. The van der Waals surface area contributed by atoms with E-state index in [-0.39, 0.29) is 17.4 Å². The summed E-state index contributed by atoms with van der Waals surface area (Å²) in [5.74, 6) is -1.63. The first-order chi connectivity index (χ1) is 11.5. The normalized spacial score (nSPS) is 19.9. The lowest BCUT2D eigenvalue weighted by molar-refractivity contribution is 0.0694. The Balaban J connectivity index is 2.03. The number of rotatable bonds is 2. The largest absolute Gasteiger partial charge is 0.477 e. The van der Waals surface area contributed by atoms with E-state index in [0.717, 1.165) is 18.7 Å². The van der Waals surface area contributed by atoms with Crippen molar-refractivity contribution in [1.29, 1.82) is 0 Å². The molecule has 1 aromatic carbocycles. The van der Waals surface area contributed by atoms with E-state index in [1.165, 1.54) is 16.7 Å². The monoisotopic (exact) mass is 331 g/mol. The van der Waals surface area contributed by atoms with Crippen molar-refractivity contribution in [3.8, 4) is 0 Å². The number of carbonyl (C=O) groups is 1. The zero-order valence-corrected chi connectivity index (χ0v) is 13.3. The van der Waals surface area contributed by atoms with E-state index < -0.39 is 11.5 Å². The van der Waals surface area contributed by atoms with Gasteiger partial charge < -0.3 is 19.9 Å². The van der Waals surface area contributed by atoms with Crippen molar-refractivity contribution in [2.24, 2.45) is 0 Å². The van der Waals surface area contributed by atoms with Crippen LogP contribution in [0.2, 0.25) is 0 Å². The Bertz CT molecular complexity index is 916. The Morgan fingerprint density at radius 3 is 2.71 bits per heavy atom. The van der Waals surface area contributed by atoms with Crippen LogP contribution in [0.25, 0.3) is 10.9 Å². The molecule has 2 aliphatic heterocycles. The first kappa shape index (κ1) is 15.1. The molecule has 3 heterocycles.